The van der Waals surface area contributed by atoms with E-state index >= 15 is 0 Å². The minimum Gasteiger partial charge on any atom is -0.437 e. The van der Waals surface area contributed by atoms with Gasteiger partial charge in [0.1, 0.15) is 5.75 Å². The molecule has 0 unspecified atom stereocenters. The number of ether oxygens (including phenoxy) is 1. The van der Waals surface area contributed by atoms with Gasteiger partial charge in [0.05, 0.1) is 11.7 Å². The Bertz CT molecular complexity index is 773. The van der Waals surface area contributed by atoms with E-state index in [1.807, 2.05) is 44.2 Å². The summed E-state index contributed by atoms with van der Waals surface area (Å²) in [6, 6.07) is 11.7. The van der Waals surface area contributed by atoms with Gasteiger partial charge in [0.2, 0.25) is 11.8 Å². The maximum Gasteiger partial charge on any atom is 0.226 e. The summed E-state index contributed by atoms with van der Waals surface area (Å²) >= 11 is 0. The van der Waals surface area contributed by atoms with E-state index in [-0.39, 0.29) is 0 Å². The number of hydrogen-bond donors (Lipinski definition) is 1. The lowest BCUT2D eigenvalue weighted by atomic mass is 10.2. The number of nitrogens with zero attached hydrogens (tertiary/aromatic N) is 3. The van der Waals surface area contributed by atoms with Crippen LogP contribution in [-0.4, -0.2) is 21.5 Å². The molecule has 21 heavy (non-hydrogen) atoms. The Kier molecular flexibility index (Phi) is 3.64. The maximum absolute atomic E-state index is 5.80. The van der Waals surface area contributed by atoms with Crippen molar-refractivity contribution in [1.82, 2.24) is 15.0 Å². The van der Waals surface area contributed by atoms with Crippen molar-refractivity contribution in [3.63, 3.8) is 0 Å². The van der Waals surface area contributed by atoms with E-state index < -0.39 is 0 Å². The highest BCUT2D eigenvalue weighted by Crippen LogP contribution is 2.23. The van der Waals surface area contributed by atoms with Crippen LogP contribution in [0.3, 0.4) is 0 Å². The monoisotopic (exact) mass is 280 g/mol. The molecule has 0 atom stereocenters. The zero-order valence-electron chi connectivity index (χ0n) is 12.0. The molecule has 0 fully saturated rings. The van der Waals surface area contributed by atoms with Gasteiger partial charge in [0, 0.05) is 23.7 Å². The van der Waals surface area contributed by atoms with Crippen molar-refractivity contribution in [3.8, 4) is 11.6 Å². The minimum absolute atomic E-state index is 0.510. The lowest BCUT2D eigenvalue weighted by molar-refractivity contribution is 0.460. The van der Waals surface area contributed by atoms with Crippen LogP contribution in [0.1, 0.15) is 12.6 Å². The Hall–Kier alpha value is -2.69. The van der Waals surface area contributed by atoms with Crippen molar-refractivity contribution in [2.45, 2.75) is 13.8 Å². The standard InChI is InChI=1S/C16H16N4O/c1-3-17-16-19-11(2)8-15(20-16)21-13-9-12-6-4-5-7-14(12)18-10-13/h4-10H,3H2,1-2H3,(H,17,19,20). The zero-order valence-corrected chi connectivity index (χ0v) is 12.0. The third-order valence-corrected chi connectivity index (χ3v) is 2.95. The van der Waals surface area contributed by atoms with E-state index in [0.717, 1.165) is 23.1 Å². The number of hydrogen-bond acceptors (Lipinski definition) is 5. The summed E-state index contributed by atoms with van der Waals surface area (Å²) in [5, 5.41) is 4.12. The van der Waals surface area contributed by atoms with E-state index in [9.17, 15) is 0 Å². The third kappa shape index (κ3) is 3.08. The first-order valence-corrected chi connectivity index (χ1v) is 6.87. The predicted octanol–water partition coefficient (Wildman–Crippen LogP) is 3.56. The smallest absolute Gasteiger partial charge is 0.226 e. The quantitative estimate of drug-likeness (QED) is 0.791. The lowest BCUT2D eigenvalue weighted by Gasteiger charge is -2.08. The van der Waals surface area contributed by atoms with E-state index in [0.29, 0.717) is 17.6 Å². The molecule has 106 valence electrons. The molecule has 5 heteroatoms. The molecule has 1 N–H and O–H groups in total. The Morgan fingerprint density at radius 3 is 2.86 bits per heavy atom. The highest BCUT2D eigenvalue weighted by atomic mass is 16.5. The number of anilines is 1. The van der Waals surface area contributed by atoms with Crippen LogP contribution in [0.5, 0.6) is 11.6 Å². The average molecular weight is 280 g/mol. The van der Waals surface area contributed by atoms with Crippen molar-refractivity contribution >= 4 is 16.9 Å². The molecule has 0 spiro atoms. The van der Waals surface area contributed by atoms with E-state index in [4.69, 9.17) is 4.74 Å². The number of rotatable bonds is 4. The Balaban J connectivity index is 1.90. The van der Waals surface area contributed by atoms with Crippen LogP contribution in [0.25, 0.3) is 10.9 Å². The molecular weight excluding hydrogens is 264 g/mol. The van der Waals surface area contributed by atoms with Crippen molar-refractivity contribution in [1.29, 1.82) is 0 Å². The van der Waals surface area contributed by atoms with Gasteiger partial charge in [0.25, 0.3) is 0 Å². The van der Waals surface area contributed by atoms with E-state index in [1.54, 1.807) is 12.3 Å². The number of aromatic nitrogens is 3. The van der Waals surface area contributed by atoms with Gasteiger partial charge in [-0.15, -0.1) is 0 Å². The number of aryl methyl sites for hydroxylation is 1. The van der Waals surface area contributed by atoms with E-state index in [1.165, 1.54) is 0 Å². The molecule has 3 rings (SSSR count). The summed E-state index contributed by atoms with van der Waals surface area (Å²) < 4.78 is 5.80. The third-order valence-electron chi connectivity index (χ3n) is 2.95. The fourth-order valence-corrected chi connectivity index (χ4v) is 2.06. The summed E-state index contributed by atoms with van der Waals surface area (Å²) in [4.78, 5) is 13.0. The summed E-state index contributed by atoms with van der Waals surface area (Å²) in [5.74, 6) is 1.74. The van der Waals surface area contributed by atoms with Gasteiger partial charge in [-0.25, -0.2) is 4.98 Å². The van der Waals surface area contributed by atoms with Gasteiger partial charge in [-0.3, -0.25) is 4.98 Å². The van der Waals surface area contributed by atoms with Crippen LogP contribution in [0.15, 0.2) is 42.6 Å². The number of nitrogens with one attached hydrogen (secondary N) is 1. The van der Waals surface area contributed by atoms with Crippen molar-refractivity contribution in [3.05, 3.63) is 48.3 Å². The molecule has 2 heterocycles. The minimum atomic E-state index is 0.510. The molecule has 0 aliphatic carbocycles. The Morgan fingerprint density at radius 2 is 2.00 bits per heavy atom. The molecule has 5 nitrogen and oxygen atoms in total. The second kappa shape index (κ2) is 5.75. The molecule has 0 aliphatic heterocycles. The normalized spacial score (nSPS) is 10.6. The van der Waals surface area contributed by atoms with Crippen LogP contribution in [-0.2, 0) is 0 Å². The fourth-order valence-electron chi connectivity index (χ4n) is 2.06. The largest absolute Gasteiger partial charge is 0.437 e. The first kappa shape index (κ1) is 13.3. The van der Waals surface area contributed by atoms with Gasteiger partial charge in [-0.05, 0) is 26.0 Å². The molecule has 0 bridgehead atoms. The highest BCUT2D eigenvalue weighted by Gasteiger charge is 2.05. The molecule has 0 saturated heterocycles. The number of benzene rings is 1. The van der Waals surface area contributed by atoms with Gasteiger partial charge in [0.15, 0.2) is 0 Å². The molecule has 0 saturated carbocycles. The van der Waals surface area contributed by atoms with Crippen LogP contribution in [0.2, 0.25) is 0 Å². The summed E-state index contributed by atoms with van der Waals surface area (Å²) in [6.45, 7) is 4.67. The van der Waals surface area contributed by atoms with Crippen molar-refractivity contribution in [2.75, 3.05) is 11.9 Å². The summed E-state index contributed by atoms with van der Waals surface area (Å²) in [7, 11) is 0. The topological polar surface area (TPSA) is 59.9 Å². The van der Waals surface area contributed by atoms with Crippen LogP contribution in [0, 0.1) is 6.92 Å². The zero-order chi connectivity index (χ0) is 14.7. The molecule has 0 radical (unpaired) electrons. The highest BCUT2D eigenvalue weighted by molar-refractivity contribution is 5.79. The Labute approximate surface area is 123 Å². The van der Waals surface area contributed by atoms with E-state index in [2.05, 4.69) is 20.3 Å². The maximum atomic E-state index is 5.80. The van der Waals surface area contributed by atoms with Gasteiger partial charge >= 0.3 is 0 Å². The number of para-hydroxylation sites is 1. The van der Waals surface area contributed by atoms with Gasteiger partial charge in [-0.2, -0.15) is 4.98 Å². The second-order valence-electron chi connectivity index (χ2n) is 4.67. The lowest BCUT2D eigenvalue weighted by Crippen LogP contribution is -2.04. The molecular formula is C16H16N4O. The molecule has 0 amide bonds. The molecule has 3 aromatic rings. The summed E-state index contributed by atoms with van der Waals surface area (Å²) in [5.41, 5.74) is 1.79. The molecule has 2 aromatic heterocycles. The number of pyridine rings is 1. The summed E-state index contributed by atoms with van der Waals surface area (Å²) in [6.07, 6.45) is 1.70. The molecule has 0 aliphatic rings. The van der Waals surface area contributed by atoms with Crippen LogP contribution in [0.4, 0.5) is 5.95 Å². The first-order valence-electron chi connectivity index (χ1n) is 6.87. The Morgan fingerprint density at radius 1 is 1.14 bits per heavy atom. The first-order chi connectivity index (χ1) is 10.2. The average Bonchev–Trinajstić information content (AvgIpc) is 2.47. The predicted molar refractivity (Wildman–Crippen MR) is 82.7 cm³/mol. The van der Waals surface area contributed by atoms with Crippen LogP contribution < -0.4 is 10.1 Å². The van der Waals surface area contributed by atoms with Gasteiger partial charge < -0.3 is 10.1 Å². The fraction of sp³-hybridized carbons (Fsp3) is 0.188. The van der Waals surface area contributed by atoms with Crippen molar-refractivity contribution < 1.29 is 4.74 Å². The SMILES string of the molecule is CCNc1nc(C)cc(Oc2cnc3ccccc3c2)n1. The van der Waals surface area contributed by atoms with Gasteiger partial charge in [-0.1, -0.05) is 18.2 Å². The van der Waals surface area contributed by atoms with Crippen LogP contribution >= 0.6 is 0 Å². The second-order valence-corrected chi connectivity index (χ2v) is 4.67. The number of fused-ring (bicyclic) bond motifs is 1. The van der Waals surface area contributed by atoms with Crippen molar-refractivity contribution in [2.24, 2.45) is 0 Å². The molecule has 1 aromatic carbocycles.